The zero-order valence-electron chi connectivity index (χ0n) is 11.1. The smallest absolute Gasteiger partial charge is 0.331 e. The van der Waals surface area contributed by atoms with Crippen LogP contribution in [0.25, 0.3) is 0 Å². The van der Waals surface area contributed by atoms with Crippen molar-refractivity contribution in [2.45, 2.75) is 19.9 Å². The van der Waals surface area contributed by atoms with Crippen LogP contribution in [-0.2, 0) is 13.0 Å². The molecule has 106 valence electrons. The maximum atomic E-state index is 11.7. The van der Waals surface area contributed by atoms with Crippen LogP contribution in [0.4, 0.5) is 0 Å². The standard InChI is InChI=1S/C14H16N2O4/c1-2-11-12(17)15-14(19)16(13(11)18)8-9-20-10-6-4-3-5-7-10/h3-7,18H,2,8-9H2,1H3,(H,15,17,19). The number of para-hydroxylation sites is 1. The van der Waals surface area contributed by atoms with Crippen LogP contribution in [0.3, 0.4) is 0 Å². The average molecular weight is 276 g/mol. The predicted molar refractivity (Wildman–Crippen MR) is 74.3 cm³/mol. The first kappa shape index (κ1) is 13.9. The van der Waals surface area contributed by atoms with E-state index in [2.05, 4.69) is 4.98 Å². The summed E-state index contributed by atoms with van der Waals surface area (Å²) in [6.45, 7) is 2.11. The topological polar surface area (TPSA) is 84.3 Å². The Labute approximate surface area is 115 Å². The molecule has 1 heterocycles. The van der Waals surface area contributed by atoms with Gasteiger partial charge >= 0.3 is 5.69 Å². The number of nitrogens with one attached hydrogen (secondary N) is 1. The van der Waals surface area contributed by atoms with E-state index < -0.39 is 11.2 Å². The van der Waals surface area contributed by atoms with Crippen LogP contribution in [0, 0.1) is 0 Å². The van der Waals surface area contributed by atoms with Gasteiger partial charge in [-0.1, -0.05) is 25.1 Å². The lowest BCUT2D eigenvalue weighted by molar-refractivity contribution is 0.281. The van der Waals surface area contributed by atoms with Crippen molar-refractivity contribution in [3.8, 4) is 11.6 Å². The molecule has 2 aromatic rings. The van der Waals surface area contributed by atoms with Crippen molar-refractivity contribution >= 4 is 0 Å². The molecule has 0 amide bonds. The third kappa shape index (κ3) is 2.90. The molecule has 0 aliphatic heterocycles. The first-order chi connectivity index (χ1) is 9.63. The van der Waals surface area contributed by atoms with Crippen molar-refractivity contribution in [3.63, 3.8) is 0 Å². The van der Waals surface area contributed by atoms with Crippen molar-refractivity contribution in [2.24, 2.45) is 0 Å². The molecule has 0 aliphatic carbocycles. The zero-order chi connectivity index (χ0) is 14.5. The van der Waals surface area contributed by atoms with Gasteiger partial charge in [-0.3, -0.25) is 14.3 Å². The first-order valence-corrected chi connectivity index (χ1v) is 6.36. The molecule has 0 unspecified atom stereocenters. The lowest BCUT2D eigenvalue weighted by atomic mass is 10.2. The molecule has 6 heteroatoms. The van der Waals surface area contributed by atoms with E-state index in [1.54, 1.807) is 19.1 Å². The van der Waals surface area contributed by atoms with Gasteiger partial charge in [-0.15, -0.1) is 0 Å². The maximum absolute atomic E-state index is 11.7. The Balaban J connectivity index is 2.14. The van der Waals surface area contributed by atoms with E-state index in [9.17, 15) is 14.7 Å². The second-order valence-electron chi connectivity index (χ2n) is 4.23. The van der Waals surface area contributed by atoms with Gasteiger partial charge in [-0.05, 0) is 18.6 Å². The summed E-state index contributed by atoms with van der Waals surface area (Å²) in [6, 6.07) is 9.15. The molecule has 1 aromatic heterocycles. The highest BCUT2D eigenvalue weighted by molar-refractivity contribution is 5.23. The Bertz CT molecular complexity index is 689. The van der Waals surface area contributed by atoms with Crippen LogP contribution in [-0.4, -0.2) is 21.3 Å². The van der Waals surface area contributed by atoms with Crippen molar-refractivity contribution in [3.05, 3.63) is 56.7 Å². The third-order valence-corrected chi connectivity index (χ3v) is 2.95. The van der Waals surface area contributed by atoms with Crippen LogP contribution in [0.1, 0.15) is 12.5 Å². The number of benzene rings is 1. The SMILES string of the molecule is CCc1c(O)n(CCOc2ccccc2)c(=O)[nH]c1=O. The molecule has 0 aliphatic rings. The number of aromatic hydroxyl groups is 1. The van der Waals surface area contributed by atoms with Crippen molar-refractivity contribution in [2.75, 3.05) is 6.61 Å². The maximum Gasteiger partial charge on any atom is 0.331 e. The molecule has 1 aromatic carbocycles. The van der Waals surface area contributed by atoms with Crippen LogP contribution in [0.15, 0.2) is 39.9 Å². The van der Waals surface area contributed by atoms with Crippen molar-refractivity contribution in [1.29, 1.82) is 0 Å². The van der Waals surface area contributed by atoms with E-state index >= 15 is 0 Å². The van der Waals surface area contributed by atoms with Gasteiger partial charge < -0.3 is 9.84 Å². The Morgan fingerprint density at radius 3 is 2.60 bits per heavy atom. The molecule has 2 rings (SSSR count). The lowest BCUT2D eigenvalue weighted by Crippen LogP contribution is -2.33. The minimum atomic E-state index is -0.638. The minimum Gasteiger partial charge on any atom is -0.494 e. The fraction of sp³-hybridized carbons (Fsp3) is 0.286. The monoisotopic (exact) mass is 276 g/mol. The van der Waals surface area contributed by atoms with Gasteiger partial charge in [0.05, 0.1) is 12.1 Å². The van der Waals surface area contributed by atoms with E-state index in [1.165, 1.54) is 0 Å². The van der Waals surface area contributed by atoms with Gasteiger partial charge in [0.15, 0.2) is 0 Å². The van der Waals surface area contributed by atoms with Crippen molar-refractivity contribution in [1.82, 2.24) is 9.55 Å². The lowest BCUT2D eigenvalue weighted by Gasteiger charge is -2.11. The van der Waals surface area contributed by atoms with E-state index in [0.29, 0.717) is 12.2 Å². The van der Waals surface area contributed by atoms with E-state index in [4.69, 9.17) is 4.74 Å². The van der Waals surface area contributed by atoms with Gasteiger partial charge in [0.1, 0.15) is 12.4 Å². The normalized spacial score (nSPS) is 10.4. The Morgan fingerprint density at radius 1 is 1.25 bits per heavy atom. The number of hydrogen-bond donors (Lipinski definition) is 2. The summed E-state index contributed by atoms with van der Waals surface area (Å²) in [5.74, 6) is 0.387. The molecule has 20 heavy (non-hydrogen) atoms. The molecule has 0 fully saturated rings. The predicted octanol–water partition coefficient (Wildman–Crippen LogP) is 0.884. The summed E-state index contributed by atoms with van der Waals surface area (Å²) < 4.78 is 6.56. The molecule has 0 bridgehead atoms. The van der Waals surface area contributed by atoms with E-state index in [-0.39, 0.29) is 24.6 Å². The fourth-order valence-corrected chi connectivity index (χ4v) is 1.90. The number of aromatic nitrogens is 2. The number of nitrogens with zero attached hydrogens (tertiary/aromatic N) is 1. The molecular weight excluding hydrogens is 260 g/mol. The number of hydrogen-bond acceptors (Lipinski definition) is 4. The molecule has 6 nitrogen and oxygen atoms in total. The van der Waals surface area contributed by atoms with Crippen LogP contribution in [0.2, 0.25) is 0 Å². The largest absolute Gasteiger partial charge is 0.494 e. The fourth-order valence-electron chi connectivity index (χ4n) is 1.90. The summed E-state index contributed by atoms with van der Waals surface area (Å²) in [7, 11) is 0. The molecule has 0 radical (unpaired) electrons. The summed E-state index contributed by atoms with van der Waals surface area (Å²) in [5, 5.41) is 9.94. The molecule has 0 saturated heterocycles. The molecule has 0 spiro atoms. The Hall–Kier alpha value is -2.50. The summed E-state index contributed by atoms with van der Waals surface area (Å²) in [4.78, 5) is 25.3. The van der Waals surface area contributed by atoms with Gasteiger partial charge in [0.2, 0.25) is 5.88 Å². The number of ether oxygens (including phenoxy) is 1. The zero-order valence-corrected chi connectivity index (χ0v) is 11.1. The summed E-state index contributed by atoms with van der Waals surface area (Å²) in [5.41, 5.74) is -0.985. The quantitative estimate of drug-likeness (QED) is 0.849. The summed E-state index contributed by atoms with van der Waals surface area (Å²) in [6.07, 6.45) is 0.348. The number of aromatic amines is 1. The Kier molecular flexibility index (Phi) is 4.24. The second-order valence-corrected chi connectivity index (χ2v) is 4.23. The minimum absolute atomic E-state index is 0.156. The van der Waals surface area contributed by atoms with Crippen LogP contribution < -0.4 is 16.0 Å². The Morgan fingerprint density at radius 2 is 1.95 bits per heavy atom. The van der Waals surface area contributed by atoms with Gasteiger partial charge in [-0.25, -0.2) is 4.79 Å². The van der Waals surface area contributed by atoms with Gasteiger partial charge in [0, 0.05) is 0 Å². The van der Waals surface area contributed by atoms with Crippen LogP contribution >= 0.6 is 0 Å². The highest BCUT2D eigenvalue weighted by Gasteiger charge is 2.12. The van der Waals surface area contributed by atoms with E-state index in [1.807, 2.05) is 18.2 Å². The van der Waals surface area contributed by atoms with Gasteiger partial charge in [0.25, 0.3) is 5.56 Å². The van der Waals surface area contributed by atoms with Gasteiger partial charge in [-0.2, -0.15) is 0 Å². The molecule has 0 saturated carbocycles. The van der Waals surface area contributed by atoms with Crippen molar-refractivity contribution < 1.29 is 9.84 Å². The molecular formula is C14H16N2O4. The summed E-state index contributed by atoms with van der Waals surface area (Å²) >= 11 is 0. The highest BCUT2D eigenvalue weighted by Crippen LogP contribution is 2.11. The number of H-pyrrole nitrogens is 1. The third-order valence-electron chi connectivity index (χ3n) is 2.95. The van der Waals surface area contributed by atoms with E-state index in [0.717, 1.165) is 4.57 Å². The first-order valence-electron chi connectivity index (χ1n) is 6.36. The molecule has 2 N–H and O–H groups in total. The second kappa shape index (κ2) is 6.10. The highest BCUT2D eigenvalue weighted by atomic mass is 16.5. The molecule has 0 atom stereocenters. The number of rotatable bonds is 5. The average Bonchev–Trinajstić information content (AvgIpc) is 2.44. The van der Waals surface area contributed by atoms with Crippen LogP contribution in [0.5, 0.6) is 11.6 Å².